The van der Waals surface area contributed by atoms with Crippen LogP contribution in [0, 0.1) is 0 Å². The van der Waals surface area contributed by atoms with Crippen molar-refractivity contribution >= 4 is 21.7 Å². The molecule has 2 aromatic rings. The number of para-hydroxylation sites is 1. The minimum absolute atomic E-state index is 0.271. The number of nitrogens with one attached hydrogen (secondary N) is 2. The number of rotatable bonds is 5. The highest BCUT2D eigenvalue weighted by Gasteiger charge is 2.22. The van der Waals surface area contributed by atoms with Crippen molar-refractivity contribution in [3.05, 3.63) is 60.2 Å². The van der Waals surface area contributed by atoms with Gasteiger partial charge in [-0.1, -0.05) is 36.4 Å². The molecule has 1 heterocycles. The van der Waals surface area contributed by atoms with Crippen molar-refractivity contribution in [2.24, 2.45) is 4.99 Å². The molecular weight excluding hydrogens is 336 g/mol. The quantitative estimate of drug-likeness (QED) is 0.484. The van der Waals surface area contributed by atoms with Crippen LogP contribution in [-0.4, -0.2) is 41.1 Å². The Morgan fingerprint density at radius 1 is 1.08 bits per heavy atom. The smallest absolute Gasteiger partial charge is 0.240 e. The van der Waals surface area contributed by atoms with Crippen molar-refractivity contribution in [2.45, 2.75) is 11.3 Å². The number of nitrogens with zero attached hydrogens (tertiary/aromatic N) is 2. The molecule has 25 heavy (non-hydrogen) atoms. The van der Waals surface area contributed by atoms with Gasteiger partial charge in [0.15, 0.2) is 5.96 Å². The molecule has 0 radical (unpaired) electrons. The van der Waals surface area contributed by atoms with E-state index in [0.717, 1.165) is 24.6 Å². The Kier molecular flexibility index (Phi) is 5.35. The average molecular weight is 358 g/mol. The molecule has 2 aromatic carbocycles. The number of guanidine groups is 1. The van der Waals surface area contributed by atoms with Gasteiger partial charge in [0, 0.05) is 32.4 Å². The van der Waals surface area contributed by atoms with Crippen molar-refractivity contribution in [2.75, 3.05) is 31.6 Å². The molecule has 0 spiro atoms. The highest BCUT2D eigenvalue weighted by molar-refractivity contribution is 7.89. The summed E-state index contributed by atoms with van der Waals surface area (Å²) in [6.45, 7) is 1.61. The molecule has 0 atom stereocenters. The maximum absolute atomic E-state index is 12.2. The van der Waals surface area contributed by atoms with E-state index in [9.17, 15) is 8.42 Å². The molecule has 0 saturated heterocycles. The fourth-order valence-electron chi connectivity index (χ4n) is 2.90. The zero-order chi connectivity index (χ0) is 17.7. The summed E-state index contributed by atoms with van der Waals surface area (Å²) in [5, 5.41) is 3.23. The fraction of sp³-hybridized carbons (Fsp3) is 0.278. The van der Waals surface area contributed by atoms with Crippen LogP contribution in [0.15, 0.2) is 64.5 Å². The number of fused-ring (bicyclic) bond motifs is 1. The van der Waals surface area contributed by atoms with E-state index < -0.39 is 10.0 Å². The molecule has 3 rings (SSSR count). The molecule has 0 saturated carbocycles. The summed E-state index contributed by atoms with van der Waals surface area (Å²) in [4.78, 5) is 6.71. The first kappa shape index (κ1) is 17.4. The van der Waals surface area contributed by atoms with Gasteiger partial charge in [0.1, 0.15) is 0 Å². The predicted molar refractivity (Wildman–Crippen MR) is 100 cm³/mol. The molecule has 132 valence electrons. The van der Waals surface area contributed by atoms with Crippen LogP contribution in [-0.2, 0) is 16.4 Å². The van der Waals surface area contributed by atoms with Gasteiger partial charge in [0.05, 0.1) is 4.90 Å². The molecule has 0 unspecified atom stereocenters. The van der Waals surface area contributed by atoms with Crippen LogP contribution in [0.4, 0.5) is 5.69 Å². The molecular formula is C18H22N4O2S. The van der Waals surface area contributed by atoms with E-state index in [-0.39, 0.29) is 11.4 Å². The van der Waals surface area contributed by atoms with Crippen LogP contribution < -0.4 is 14.9 Å². The Hall–Kier alpha value is -2.38. The lowest BCUT2D eigenvalue weighted by molar-refractivity contribution is 0.580. The van der Waals surface area contributed by atoms with Gasteiger partial charge in [-0.25, -0.2) is 13.1 Å². The standard InChI is InChI=1S/C18H22N4O2S/c1-19-18(22-14-11-15-7-5-6-10-17(15)22)20-12-13-21-25(23,24)16-8-3-2-4-9-16/h2-10,21H,11-14H2,1H3,(H,19,20). The van der Waals surface area contributed by atoms with Crippen molar-refractivity contribution in [1.29, 1.82) is 0 Å². The molecule has 7 heteroatoms. The van der Waals surface area contributed by atoms with Gasteiger partial charge in [-0.2, -0.15) is 0 Å². The lowest BCUT2D eigenvalue weighted by Crippen LogP contribution is -2.43. The van der Waals surface area contributed by atoms with E-state index >= 15 is 0 Å². The molecule has 0 amide bonds. The van der Waals surface area contributed by atoms with E-state index in [4.69, 9.17) is 0 Å². The fourth-order valence-corrected chi connectivity index (χ4v) is 3.95. The topological polar surface area (TPSA) is 73.8 Å². The SMILES string of the molecule is CN=C(NCCNS(=O)(=O)c1ccccc1)N1CCc2ccccc21. The summed E-state index contributed by atoms with van der Waals surface area (Å²) in [6, 6.07) is 16.6. The van der Waals surface area contributed by atoms with E-state index in [2.05, 4.69) is 32.1 Å². The van der Waals surface area contributed by atoms with Crippen LogP contribution in [0.1, 0.15) is 5.56 Å². The van der Waals surface area contributed by atoms with Gasteiger partial charge in [-0.3, -0.25) is 4.99 Å². The highest BCUT2D eigenvalue weighted by Crippen LogP contribution is 2.27. The summed E-state index contributed by atoms with van der Waals surface area (Å²) in [5.41, 5.74) is 2.45. The van der Waals surface area contributed by atoms with E-state index in [1.807, 2.05) is 12.1 Å². The maximum Gasteiger partial charge on any atom is 0.240 e. The van der Waals surface area contributed by atoms with Gasteiger partial charge in [-0.05, 0) is 30.2 Å². The summed E-state index contributed by atoms with van der Waals surface area (Å²) >= 11 is 0. The normalized spacial score (nSPS) is 14.4. The second kappa shape index (κ2) is 7.67. The lowest BCUT2D eigenvalue weighted by atomic mass is 10.2. The van der Waals surface area contributed by atoms with Crippen LogP contribution in [0.3, 0.4) is 0 Å². The van der Waals surface area contributed by atoms with Crippen molar-refractivity contribution in [3.63, 3.8) is 0 Å². The first-order chi connectivity index (χ1) is 12.1. The van der Waals surface area contributed by atoms with Gasteiger partial charge < -0.3 is 10.2 Å². The van der Waals surface area contributed by atoms with E-state index in [1.54, 1.807) is 37.4 Å². The van der Waals surface area contributed by atoms with Gasteiger partial charge in [0.2, 0.25) is 10.0 Å². The van der Waals surface area contributed by atoms with Crippen LogP contribution >= 0.6 is 0 Å². The molecule has 1 aliphatic heterocycles. The maximum atomic E-state index is 12.2. The molecule has 0 aromatic heterocycles. The molecule has 6 nitrogen and oxygen atoms in total. The number of anilines is 1. The van der Waals surface area contributed by atoms with Crippen LogP contribution in [0.2, 0.25) is 0 Å². The monoisotopic (exact) mass is 358 g/mol. The van der Waals surface area contributed by atoms with Crippen LogP contribution in [0.25, 0.3) is 0 Å². The third kappa shape index (κ3) is 4.00. The first-order valence-corrected chi connectivity index (χ1v) is 9.71. The number of aliphatic imine (C=N–C) groups is 1. The summed E-state index contributed by atoms with van der Waals surface area (Å²) in [6.07, 6.45) is 0.984. The Bertz CT molecular complexity index is 850. The Labute approximate surface area is 148 Å². The van der Waals surface area contributed by atoms with Gasteiger partial charge in [-0.15, -0.1) is 0 Å². The molecule has 0 fully saturated rings. The lowest BCUT2D eigenvalue weighted by Gasteiger charge is -2.22. The Morgan fingerprint density at radius 3 is 2.56 bits per heavy atom. The molecule has 0 bridgehead atoms. The number of sulfonamides is 1. The summed E-state index contributed by atoms with van der Waals surface area (Å²) in [5.74, 6) is 0.754. The molecule has 2 N–H and O–H groups in total. The highest BCUT2D eigenvalue weighted by atomic mass is 32.2. The summed E-state index contributed by atoms with van der Waals surface area (Å²) in [7, 11) is -1.74. The van der Waals surface area contributed by atoms with Crippen molar-refractivity contribution in [3.8, 4) is 0 Å². The van der Waals surface area contributed by atoms with Crippen molar-refractivity contribution in [1.82, 2.24) is 10.0 Å². The van der Waals surface area contributed by atoms with Gasteiger partial charge in [0.25, 0.3) is 0 Å². The summed E-state index contributed by atoms with van der Waals surface area (Å²) < 4.78 is 27.0. The molecule has 0 aliphatic carbocycles. The van der Waals surface area contributed by atoms with Gasteiger partial charge >= 0.3 is 0 Å². The molecule has 1 aliphatic rings. The van der Waals surface area contributed by atoms with E-state index in [1.165, 1.54) is 5.56 Å². The Balaban J connectivity index is 1.55. The van der Waals surface area contributed by atoms with E-state index in [0.29, 0.717) is 6.54 Å². The Morgan fingerprint density at radius 2 is 1.80 bits per heavy atom. The first-order valence-electron chi connectivity index (χ1n) is 8.22. The zero-order valence-corrected chi connectivity index (χ0v) is 15.0. The number of hydrogen-bond acceptors (Lipinski definition) is 3. The third-order valence-electron chi connectivity index (χ3n) is 4.11. The second-order valence-electron chi connectivity index (χ2n) is 5.72. The average Bonchev–Trinajstić information content (AvgIpc) is 3.07. The minimum Gasteiger partial charge on any atom is -0.355 e. The second-order valence-corrected chi connectivity index (χ2v) is 7.48. The largest absolute Gasteiger partial charge is 0.355 e. The van der Waals surface area contributed by atoms with Crippen molar-refractivity contribution < 1.29 is 8.42 Å². The zero-order valence-electron chi connectivity index (χ0n) is 14.1. The number of benzene rings is 2. The predicted octanol–water partition coefficient (Wildman–Crippen LogP) is 1.60. The third-order valence-corrected chi connectivity index (χ3v) is 5.59. The number of hydrogen-bond donors (Lipinski definition) is 2. The van der Waals surface area contributed by atoms with Crippen LogP contribution in [0.5, 0.6) is 0 Å². The minimum atomic E-state index is -3.48.